The minimum atomic E-state index is -0.451. The van der Waals surface area contributed by atoms with Gasteiger partial charge in [-0.1, -0.05) is 0 Å². The van der Waals surface area contributed by atoms with Crippen molar-refractivity contribution < 1.29 is 18.7 Å². The highest BCUT2D eigenvalue weighted by atomic mass is 19.1. The van der Waals surface area contributed by atoms with Gasteiger partial charge < -0.3 is 25.6 Å². The number of nitrogens with one attached hydrogen (secondary N) is 1. The van der Waals surface area contributed by atoms with Gasteiger partial charge in [0.1, 0.15) is 11.9 Å². The number of benzene rings is 1. The lowest BCUT2D eigenvalue weighted by molar-refractivity contribution is -0.133. The largest absolute Gasteiger partial charge is 0.368 e. The summed E-state index contributed by atoms with van der Waals surface area (Å²) in [5.74, 6) is -0.391. The molecule has 0 radical (unpaired) electrons. The number of rotatable bonds is 6. The third-order valence-electron chi connectivity index (χ3n) is 5.13. The van der Waals surface area contributed by atoms with E-state index in [2.05, 4.69) is 10.2 Å². The standard InChI is InChI=1S/C19H27FN4O3/c20-14-1-3-15(4-2-14)23-9-11-24(12-10-23)18(25)7-8-22-19(26)17-6-5-16(13-21)27-17/h1-4,16-17H,5-13,21H2,(H,22,26)/t16-,17+/m1/s1. The van der Waals surface area contributed by atoms with Crippen LogP contribution in [0.4, 0.5) is 10.1 Å². The lowest BCUT2D eigenvalue weighted by Gasteiger charge is -2.36. The van der Waals surface area contributed by atoms with Crippen molar-refractivity contribution in [2.24, 2.45) is 5.73 Å². The second-order valence-electron chi connectivity index (χ2n) is 6.95. The quantitative estimate of drug-likeness (QED) is 0.752. The summed E-state index contributed by atoms with van der Waals surface area (Å²) in [5.41, 5.74) is 6.51. The van der Waals surface area contributed by atoms with Crippen LogP contribution in [-0.2, 0) is 14.3 Å². The van der Waals surface area contributed by atoms with Gasteiger partial charge in [0, 0.05) is 51.4 Å². The highest BCUT2D eigenvalue weighted by Gasteiger charge is 2.29. The van der Waals surface area contributed by atoms with Gasteiger partial charge in [0.25, 0.3) is 0 Å². The fourth-order valence-electron chi connectivity index (χ4n) is 3.50. The average Bonchev–Trinajstić information content (AvgIpc) is 3.18. The number of halogens is 1. The van der Waals surface area contributed by atoms with Gasteiger partial charge in [0.2, 0.25) is 11.8 Å². The van der Waals surface area contributed by atoms with E-state index in [0.717, 1.165) is 12.1 Å². The molecule has 27 heavy (non-hydrogen) atoms. The normalized spacial score (nSPS) is 22.7. The smallest absolute Gasteiger partial charge is 0.249 e. The van der Waals surface area contributed by atoms with Gasteiger partial charge in [-0.15, -0.1) is 0 Å². The first-order valence-electron chi connectivity index (χ1n) is 9.48. The zero-order chi connectivity index (χ0) is 19.2. The number of hydrogen-bond acceptors (Lipinski definition) is 5. The Bertz CT molecular complexity index is 647. The second kappa shape index (κ2) is 9.14. The van der Waals surface area contributed by atoms with Crippen molar-refractivity contribution in [1.29, 1.82) is 0 Å². The van der Waals surface area contributed by atoms with E-state index in [1.54, 1.807) is 12.1 Å². The van der Waals surface area contributed by atoms with Crippen molar-refractivity contribution in [3.8, 4) is 0 Å². The molecule has 148 valence electrons. The number of ether oxygens (including phenoxy) is 1. The molecule has 0 spiro atoms. The van der Waals surface area contributed by atoms with Gasteiger partial charge in [-0.3, -0.25) is 9.59 Å². The Balaban J connectivity index is 1.36. The molecule has 2 atom stereocenters. The van der Waals surface area contributed by atoms with Crippen LogP contribution in [0.1, 0.15) is 19.3 Å². The van der Waals surface area contributed by atoms with Crippen molar-refractivity contribution in [3.63, 3.8) is 0 Å². The molecule has 8 heteroatoms. The molecule has 7 nitrogen and oxygen atoms in total. The summed E-state index contributed by atoms with van der Waals surface area (Å²) in [6, 6.07) is 6.39. The molecule has 0 saturated carbocycles. The molecule has 3 N–H and O–H groups in total. The Kier molecular flexibility index (Phi) is 6.63. The molecular formula is C19H27FN4O3. The van der Waals surface area contributed by atoms with Crippen LogP contribution >= 0.6 is 0 Å². The molecule has 2 aliphatic rings. The molecule has 2 heterocycles. The van der Waals surface area contributed by atoms with Crippen LogP contribution < -0.4 is 16.0 Å². The third-order valence-corrected chi connectivity index (χ3v) is 5.13. The molecule has 2 amide bonds. The molecule has 2 aliphatic heterocycles. The summed E-state index contributed by atoms with van der Waals surface area (Å²) >= 11 is 0. The monoisotopic (exact) mass is 378 g/mol. The Morgan fingerprint density at radius 3 is 2.48 bits per heavy atom. The first kappa shape index (κ1) is 19.6. The van der Waals surface area contributed by atoms with Crippen LogP contribution in [0.3, 0.4) is 0 Å². The van der Waals surface area contributed by atoms with Gasteiger partial charge in [-0.25, -0.2) is 4.39 Å². The number of amides is 2. The third kappa shape index (κ3) is 5.17. The van der Waals surface area contributed by atoms with Crippen LogP contribution in [0.5, 0.6) is 0 Å². The Hall–Kier alpha value is -2.19. The van der Waals surface area contributed by atoms with E-state index in [1.807, 2.05) is 4.90 Å². The SMILES string of the molecule is NC[C@H]1CC[C@@H](C(=O)NCCC(=O)N2CCN(c3ccc(F)cc3)CC2)O1. The number of hydrogen-bond donors (Lipinski definition) is 2. The Morgan fingerprint density at radius 2 is 1.85 bits per heavy atom. The van der Waals surface area contributed by atoms with E-state index < -0.39 is 6.10 Å². The number of nitrogens with two attached hydrogens (primary N) is 1. The van der Waals surface area contributed by atoms with Gasteiger partial charge in [0.05, 0.1) is 6.10 Å². The minimum absolute atomic E-state index is 0.0289. The van der Waals surface area contributed by atoms with Gasteiger partial charge in [-0.2, -0.15) is 0 Å². The summed E-state index contributed by atoms with van der Waals surface area (Å²) in [7, 11) is 0. The van der Waals surface area contributed by atoms with Crippen LogP contribution in [0.15, 0.2) is 24.3 Å². The van der Waals surface area contributed by atoms with Crippen LogP contribution in [-0.4, -0.2) is 68.2 Å². The summed E-state index contributed by atoms with van der Waals surface area (Å²) in [6.07, 6.45) is 1.25. The van der Waals surface area contributed by atoms with E-state index in [0.29, 0.717) is 45.7 Å². The van der Waals surface area contributed by atoms with E-state index in [9.17, 15) is 14.0 Å². The predicted molar refractivity (Wildman–Crippen MR) is 99.8 cm³/mol. The molecule has 0 aliphatic carbocycles. The highest BCUT2D eigenvalue weighted by Crippen LogP contribution is 2.19. The lowest BCUT2D eigenvalue weighted by Crippen LogP contribution is -2.49. The molecule has 3 rings (SSSR count). The molecule has 0 unspecified atom stereocenters. The number of nitrogens with zero attached hydrogens (tertiary/aromatic N) is 2. The predicted octanol–water partition coefficient (Wildman–Crippen LogP) is 0.487. The number of carbonyl (C=O) groups is 2. The summed E-state index contributed by atoms with van der Waals surface area (Å²) < 4.78 is 18.6. The molecule has 0 bridgehead atoms. The van der Waals surface area contributed by atoms with Crippen molar-refractivity contribution in [3.05, 3.63) is 30.1 Å². The number of carbonyl (C=O) groups excluding carboxylic acids is 2. The molecule has 1 aromatic rings. The van der Waals surface area contributed by atoms with Crippen molar-refractivity contribution in [2.75, 3.05) is 44.2 Å². The number of anilines is 1. The summed E-state index contributed by atoms with van der Waals surface area (Å²) in [5, 5.41) is 2.78. The first-order valence-corrected chi connectivity index (χ1v) is 9.48. The zero-order valence-electron chi connectivity index (χ0n) is 15.4. The molecule has 2 saturated heterocycles. The Labute approximate surface area is 158 Å². The van der Waals surface area contributed by atoms with Crippen LogP contribution in [0, 0.1) is 5.82 Å². The van der Waals surface area contributed by atoms with Gasteiger partial charge in [-0.05, 0) is 37.1 Å². The fourth-order valence-corrected chi connectivity index (χ4v) is 3.50. The minimum Gasteiger partial charge on any atom is -0.368 e. The summed E-state index contributed by atoms with van der Waals surface area (Å²) in [4.78, 5) is 28.3. The van der Waals surface area contributed by atoms with E-state index in [4.69, 9.17) is 10.5 Å². The maximum Gasteiger partial charge on any atom is 0.249 e. The van der Waals surface area contributed by atoms with Crippen LogP contribution in [0.25, 0.3) is 0 Å². The topological polar surface area (TPSA) is 87.9 Å². The maximum absolute atomic E-state index is 13.0. The van der Waals surface area contributed by atoms with Crippen molar-refractivity contribution >= 4 is 17.5 Å². The van der Waals surface area contributed by atoms with Crippen LogP contribution in [0.2, 0.25) is 0 Å². The lowest BCUT2D eigenvalue weighted by atomic mass is 10.2. The van der Waals surface area contributed by atoms with E-state index in [1.165, 1.54) is 12.1 Å². The fraction of sp³-hybridized carbons (Fsp3) is 0.579. The van der Waals surface area contributed by atoms with Crippen molar-refractivity contribution in [1.82, 2.24) is 10.2 Å². The zero-order valence-corrected chi connectivity index (χ0v) is 15.4. The molecule has 2 fully saturated rings. The van der Waals surface area contributed by atoms with Crippen molar-refractivity contribution in [2.45, 2.75) is 31.5 Å². The second-order valence-corrected chi connectivity index (χ2v) is 6.95. The number of piperazine rings is 1. The van der Waals surface area contributed by atoms with Gasteiger partial charge >= 0.3 is 0 Å². The van der Waals surface area contributed by atoms with E-state index >= 15 is 0 Å². The maximum atomic E-state index is 13.0. The molecule has 0 aromatic heterocycles. The Morgan fingerprint density at radius 1 is 1.15 bits per heavy atom. The summed E-state index contributed by atoms with van der Waals surface area (Å²) in [6.45, 7) is 3.39. The highest BCUT2D eigenvalue weighted by molar-refractivity contribution is 5.82. The average molecular weight is 378 g/mol. The molecular weight excluding hydrogens is 351 g/mol. The first-order chi connectivity index (χ1) is 13.1. The molecule has 1 aromatic carbocycles. The van der Waals surface area contributed by atoms with Gasteiger partial charge in [0.15, 0.2) is 0 Å². The van der Waals surface area contributed by atoms with E-state index in [-0.39, 0.29) is 30.2 Å².